The quantitative estimate of drug-likeness (QED) is 0.772. The highest BCUT2D eigenvalue weighted by molar-refractivity contribution is 5.80. The summed E-state index contributed by atoms with van der Waals surface area (Å²) in [6, 6.07) is -0.0948. The minimum absolute atomic E-state index is 0.00407. The van der Waals surface area contributed by atoms with Crippen LogP contribution in [0.2, 0.25) is 0 Å². The predicted octanol–water partition coefficient (Wildman–Crippen LogP) is 1.50. The first-order chi connectivity index (χ1) is 11.5. The Labute approximate surface area is 144 Å². The predicted molar refractivity (Wildman–Crippen MR) is 91.5 cm³/mol. The summed E-state index contributed by atoms with van der Waals surface area (Å²) in [6.07, 6.45) is 4.29. The molecule has 0 saturated carbocycles. The van der Waals surface area contributed by atoms with Crippen molar-refractivity contribution in [2.75, 3.05) is 32.9 Å². The fourth-order valence-corrected chi connectivity index (χ4v) is 3.15. The molecule has 6 heteroatoms. The monoisotopic (exact) mass is 338 g/mol. The zero-order valence-electron chi connectivity index (χ0n) is 15.0. The molecule has 0 aromatic heterocycles. The molecule has 2 heterocycles. The number of ether oxygens (including phenoxy) is 2. The summed E-state index contributed by atoms with van der Waals surface area (Å²) >= 11 is 0. The molecule has 2 fully saturated rings. The lowest BCUT2D eigenvalue weighted by molar-refractivity contribution is -0.135. The maximum absolute atomic E-state index is 12.5. The SMILES string of the molecule is CC(=O)N1CCC(C(=O)N[C@H]2COCC[C@H]2OCC=C(C)C)CC1. The minimum Gasteiger partial charge on any atom is -0.379 e. The van der Waals surface area contributed by atoms with Gasteiger partial charge in [0.15, 0.2) is 0 Å². The van der Waals surface area contributed by atoms with Gasteiger partial charge in [-0.05, 0) is 33.1 Å². The van der Waals surface area contributed by atoms with Crippen LogP contribution < -0.4 is 5.32 Å². The van der Waals surface area contributed by atoms with Crippen molar-refractivity contribution in [3.05, 3.63) is 11.6 Å². The van der Waals surface area contributed by atoms with E-state index in [0.29, 0.717) is 32.9 Å². The van der Waals surface area contributed by atoms with Crippen LogP contribution in [-0.4, -0.2) is 61.8 Å². The van der Waals surface area contributed by atoms with Crippen molar-refractivity contribution in [2.24, 2.45) is 5.92 Å². The van der Waals surface area contributed by atoms with Gasteiger partial charge >= 0.3 is 0 Å². The summed E-state index contributed by atoms with van der Waals surface area (Å²) in [6.45, 7) is 8.72. The summed E-state index contributed by atoms with van der Waals surface area (Å²) in [5.74, 6) is 0.118. The highest BCUT2D eigenvalue weighted by Crippen LogP contribution is 2.19. The Morgan fingerprint density at radius 1 is 1.21 bits per heavy atom. The number of hydrogen-bond donors (Lipinski definition) is 1. The maximum atomic E-state index is 12.5. The number of allylic oxidation sites excluding steroid dienone is 1. The first kappa shape index (κ1) is 18.9. The van der Waals surface area contributed by atoms with Crippen LogP contribution in [0, 0.1) is 5.92 Å². The van der Waals surface area contributed by atoms with Gasteiger partial charge in [-0.1, -0.05) is 11.6 Å². The molecule has 2 aliphatic heterocycles. The van der Waals surface area contributed by atoms with Gasteiger partial charge in [-0.2, -0.15) is 0 Å². The molecule has 1 N–H and O–H groups in total. The van der Waals surface area contributed by atoms with Crippen LogP contribution in [0.15, 0.2) is 11.6 Å². The molecule has 2 atom stereocenters. The van der Waals surface area contributed by atoms with Crippen molar-refractivity contribution in [3.63, 3.8) is 0 Å². The van der Waals surface area contributed by atoms with Gasteiger partial charge in [-0.3, -0.25) is 9.59 Å². The average Bonchev–Trinajstić information content (AvgIpc) is 2.56. The van der Waals surface area contributed by atoms with Crippen LogP contribution in [-0.2, 0) is 19.1 Å². The van der Waals surface area contributed by atoms with Gasteiger partial charge in [-0.15, -0.1) is 0 Å². The third kappa shape index (κ3) is 5.60. The third-order valence-corrected chi connectivity index (χ3v) is 4.73. The molecule has 24 heavy (non-hydrogen) atoms. The Kier molecular flexibility index (Phi) is 7.24. The molecule has 0 bridgehead atoms. The fraction of sp³-hybridized carbons (Fsp3) is 0.778. The summed E-state index contributed by atoms with van der Waals surface area (Å²) < 4.78 is 11.4. The summed E-state index contributed by atoms with van der Waals surface area (Å²) in [5.41, 5.74) is 1.22. The molecule has 2 rings (SSSR count). The first-order valence-electron chi connectivity index (χ1n) is 8.86. The second-order valence-electron chi connectivity index (χ2n) is 6.91. The molecule has 0 aromatic rings. The zero-order valence-corrected chi connectivity index (χ0v) is 15.0. The summed E-state index contributed by atoms with van der Waals surface area (Å²) in [5, 5.41) is 3.11. The molecular weight excluding hydrogens is 308 g/mol. The Hall–Kier alpha value is -1.40. The van der Waals surface area contributed by atoms with Gasteiger partial charge in [-0.25, -0.2) is 0 Å². The number of rotatable bonds is 5. The van der Waals surface area contributed by atoms with E-state index in [2.05, 4.69) is 5.32 Å². The average molecular weight is 338 g/mol. The molecule has 2 aliphatic rings. The highest BCUT2D eigenvalue weighted by Gasteiger charge is 2.32. The number of likely N-dealkylation sites (tertiary alicyclic amines) is 1. The van der Waals surface area contributed by atoms with Gasteiger partial charge in [0.05, 0.1) is 25.4 Å². The van der Waals surface area contributed by atoms with E-state index in [4.69, 9.17) is 9.47 Å². The van der Waals surface area contributed by atoms with Crippen LogP contribution in [0.4, 0.5) is 0 Å². The smallest absolute Gasteiger partial charge is 0.223 e. The number of nitrogens with one attached hydrogen (secondary N) is 1. The topological polar surface area (TPSA) is 67.9 Å². The number of carbonyl (C=O) groups is 2. The first-order valence-corrected chi connectivity index (χ1v) is 8.86. The van der Waals surface area contributed by atoms with Crippen molar-refractivity contribution in [2.45, 2.75) is 52.2 Å². The molecule has 0 unspecified atom stereocenters. The van der Waals surface area contributed by atoms with Crippen LogP contribution in [0.3, 0.4) is 0 Å². The number of hydrogen-bond acceptors (Lipinski definition) is 4. The fourth-order valence-electron chi connectivity index (χ4n) is 3.15. The van der Waals surface area contributed by atoms with Crippen molar-refractivity contribution in [1.82, 2.24) is 10.2 Å². The molecule has 2 saturated heterocycles. The van der Waals surface area contributed by atoms with Crippen molar-refractivity contribution in [3.8, 4) is 0 Å². The lowest BCUT2D eigenvalue weighted by Crippen LogP contribution is -2.53. The van der Waals surface area contributed by atoms with Gasteiger partial charge in [0.25, 0.3) is 0 Å². The maximum Gasteiger partial charge on any atom is 0.223 e. The van der Waals surface area contributed by atoms with Gasteiger partial charge < -0.3 is 19.7 Å². The summed E-state index contributed by atoms with van der Waals surface area (Å²) in [7, 11) is 0. The molecular formula is C18H30N2O4. The van der Waals surface area contributed by atoms with Gasteiger partial charge in [0.1, 0.15) is 0 Å². The zero-order chi connectivity index (χ0) is 17.5. The van der Waals surface area contributed by atoms with Crippen molar-refractivity contribution in [1.29, 1.82) is 0 Å². The lowest BCUT2D eigenvalue weighted by Gasteiger charge is -2.35. The van der Waals surface area contributed by atoms with Crippen LogP contribution in [0.25, 0.3) is 0 Å². The standard InChI is InChI=1S/C18H30N2O4/c1-13(2)6-11-24-17-7-10-23-12-16(17)19-18(22)15-4-8-20(9-5-15)14(3)21/h6,15-17H,4-5,7-12H2,1-3H3,(H,19,22)/t16-,17+/m0/s1. The van der Waals surface area contributed by atoms with Crippen molar-refractivity contribution >= 4 is 11.8 Å². The van der Waals surface area contributed by atoms with Crippen LogP contribution in [0.5, 0.6) is 0 Å². The lowest BCUT2D eigenvalue weighted by atomic mass is 9.95. The molecule has 0 aliphatic carbocycles. The molecule has 6 nitrogen and oxygen atoms in total. The van der Waals surface area contributed by atoms with Crippen LogP contribution in [0.1, 0.15) is 40.0 Å². The van der Waals surface area contributed by atoms with E-state index >= 15 is 0 Å². The van der Waals surface area contributed by atoms with E-state index in [1.807, 2.05) is 19.9 Å². The van der Waals surface area contributed by atoms with E-state index in [1.165, 1.54) is 5.57 Å². The van der Waals surface area contributed by atoms with Gasteiger partial charge in [0.2, 0.25) is 11.8 Å². The Morgan fingerprint density at radius 3 is 2.54 bits per heavy atom. The molecule has 136 valence electrons. The molecule has 0 radical (unpaired) electrons. The molecule has 2 amide bonds. The number of nitrogens with zero attached hydrogens (tertiary/aromatic N) is 1. The molecule has 0 aromatic carbocycles. The van der Waals surface area contributed by atoms with E-state index in [-0.39, 0.29) is 29.9 Å². The van der Waals surface area contributed by atoms with E-state index in [9.17, 15) is 9.59 Å². The van der Waals surface area contributed by atoms with Crippen molar-refractivity contribution < 1.29 is 19.1 Å². The van der Waals surface area contributed by atoms with Gasteiger partial charge in [0, 0.05) is 32.5 Å². The van der Waals surface area contributed by atoms with E-state index in [0.717, 1.165) is 19.3 Å². The van der Waals surface area contributed by atoms with Crippen LogP contribution >= 0.6 is 0 Å². The van der Waals surface area contributed by atoms with E-state index < -0.39 is 0 Å². The summed E-state index contributed by atoms with van der Waals surface area (Å²) in [4.78, 5) is 25.7. The third-order valence-electron chi connectivity index (χ3n) is 4.73. The number of carbonyl (C=O) groups excluding carboxylic acids is 2. The van der Waals surface area contributed by atoms with E-state index in [1.54, 1.807) is 11.8 Å². The Bertz CT molecular complexity index is 466. The molecule has 0 spiro atoms. The Balaban J connectivity index is 1.82. The largest absolute Gasteiger partial charge is 0.379 e. The second kappa shape index (κ2) is 9.18. The highest BCUT2D eigenvalue weighted by atomic mass is 16.5. The minimum atomic E-state index is -0.0948. The second-order valence-corrected chi connectivity index (χ2v) is 6.91. The normalized spacial score (nSPS) is 25.2. The number of amides is 2. The number of piperidine rings is 1. The Morgan fingerprint density at radius 2 is 1.92 bits per heavy atom.